The van der Waals surface area contributed by atoms with E-state index in [-0.39, 0.29) is 11.1 Å². The lowest BCUT2D eigenvalue weighted by Crippen LogP contribution is -2.36. The molecule has 0 radical (unpaired) electrons. The summed E-state index contributed by atoms with van der Waals surface area (Å²) in [6.45, 7) is 3.83. The number of nitrogens with zero attached hydrogens (tertiary/aromatic N) is 4. The molecule has 2 N–H and O–H groups in total. The van der Waals surface area contributed by atoms with E-state index in [2.05, 4.69) is 10.2 Å². The summed E-state index contributed by atoms with van der Waals surface area (Å²) in [5.74, 6) is 3.82. The van der Waals surface area contributed by atoms with E-state index in [0.29, 0.717) is 16.9 Å². The van der Waals surface area contributed by atoms with Gasteiger partial charge in [0.2, 0.25) is 11.1 Å². The summed E-state index contributed by atoms with van der Waals surface area (Å²) < 4.78 is 38.4. The summed E-state index contributed by atoms with van der Waals surface area (Å²) in [6.07, 6.45) is -4.70. The van der Waals surface area contributed by atoms with Crippen LogP contribution in [0.2, 0.25) is 0 Å². The monoisotopic (exact) mass is 359 g/mol. The molecule has 2 rings (SSSR count). The van der Waals surface area contributed by atoms with Crippen LogP contribution in [0.3, 0.4) is 0 Å². The summed E-state index contributed by atoms with van der Waals surface area (Å²) >= 11 is 0.827. The maximum absolute atomic E-state index is 12.7. The quantitative estimate of drug-likeness (QED) is 0.656. The average Bonchev–Trinajstić information content (AvgIpc) is 2.90. The van der Waals surface area contributed by atoms with Crippen molar-refractivity contribution < 1.29 is 18.0 Å². The highest BCUT2D eigenvalue weighted by atomic mass is 32.2. The van der Waals surface area contributed by atoms with Crippen molar-refractivity contribution in [2.24, 2.45) is 0 Å². The van der Waals surface area contributed by atoms with Crippen molar-refractivity contribution in [3.63, 3.8) is 0 Å². The fourth-order valence-corrected chi connectivity index (χ4v) is 2.88. The largest absolute Gasteiger partial charge is 0.453 e. The third kappa shape index (κ3) is 3.81. The Balaban J connectivity index is 2.16. The van der Waals surface area contributed by atoms with Crippen LogP contribution in [0.15, 0.2) is 35.5 Å². The van der Waals surface area contributed by atoms with E-state index >= 15 is 0 Å². The molecule has 1 aromatic heterocycles. The standard InChI is InChI=1S/C14H16F3N5OS/c1-3-21(10-7-5-4-6-8-10)11(23)9(2)24-13-20-19-12(22(13)18)14(15,16)17/h4-9H,3,18H2,1-2H3. The Bertz CT molecular complexity index is 704. The molecular formula is C14H16F3N5OS. The van der Waals surface area contributed by atoms with E-state index in [4.69, 9.17) is 5.84 Å². The Labute approximate surface area is 140 Å². The fourth-order valence-electron chi connectivity index (χ4n) is 2.05. The average molecular weight is 359 g/mol. The van der Waals surface area contributed by atoms with Gasteiger partial charge in [0.1, 0.15) is 0 Å². The van der Waals surface area contributed by atoms with Gasteiger partial charge in [-0.15, -0.1) is 10.2 Å². The minimum absolute atomic E-state index is 0.174. The van der Waals surface area contributed by atoms with Crippen LogP contribution in [0.25, 0.3) is 0 Å². The van der Waals surface area contributed by atoms with Gasteiger partial charge in [-0.25, -0.2) is 4.68 Å². The first-order valence-electron chi connectivity index (χ1n) is 7.06. The number of nitrogen functional groups attached to an aromatic ring is 1. The molecule has 2 aromatic rings. The molecule has 1 aromatic carbocycles. The molecular weight excluding hydrogens is 343 g/mol. The van der Waals surface area contributed by atoms with Crippen LogP contribution in [0.5, 0.6) is 0 Å². The number of rotatable bonds is 5. The molecule has 0 fully saturated rings. The molecule has 0 saturated carbocycles. The molecule has 6 nitrogen and oxygen atoms in total. The number of nitrogens with two attached hydrogens (primary N) is 1. The lowest BCUT2D eigenvalue weighted by atomic mass is 10.2. The first-order valence-corrected chi connectivity index (χ1v) is 7.94. The number of carbonyl (C=O) groups is 1. The molecule has 10 heteroatoms. The number of amides is 1. The normalized spacial score (nSPS) is 12.9. The van der Waals surface area contributed by atoms with Crippen molar-refractivity contribution in [2.75, 3.05) is 17.3 Å². The minimum Gasteiger partial charge on any atom is -0.335 e. The van der Waals surface area contributed by atoms with Crippen LogP contribution in [0, 0.1) is 0 Å². The van der Waals surface area contributed by atoms with E-state index in [1.54, 1.807) is 36.1 Å². The second-order valence-electron chi connectivity index (χ2n) is 4.85. The zero-order valence-corrected chi connectivity index (χ0v) is 13.8. The fraction of sp³-hybridized carbons (Fsp3) is 0.357. The minimum atomic E-state index is -4.70. The number of aromatic nitrogens is 3. The Morgan fingerprint density at radius 2 is 1.96 bits per heavy atom. The molecule has 1 heterocycles. The number of alkyl halides is 3. The van der Waals surface area contributed by atoms with E-state index < -0.39 is 17.3 Å². The van der Waals surface area contributed by atoms with Crippen molar-refractivity contribution in [2.45, 2.75) is 30.4 Å². The van der Waals surface area contributed by atoms with Gasteiger partial charge >= 0.3 is 6.18 Å². The highest BCUT2D eigenvalue weighted by molar-refractivity contribution is 8.00. The Morgan fingerprint density at radius 1 is 1.33 bits per heavy atom. The van der Waals surface area contributed by atoms with E-state index in [0.717, 1.165) is 11.8 Å². The molecule has 1 atom stereocenters. The maximum atomic E-state index is 12.7. The SMILES string of the molecule is CCN(C(=O)C(C)Sc1nnc(C(F)(F)F)n1N)c1ccccc1. The Kier molecular flexibility index (Phi) is 5.37. The summed E-state index contributed by atoms with van der Waals surface area (Å²) in [5, 5.41) is 5.61. The van der Waals surface area contributed by atoms with E-state index in [1.165, 1.54) is 0 Å². The molecule has 0 aliphatic carbocycles. The van der Waals surface area contributed by atoms with Gasteiger partial charge < -0.3 is 10.7 Å². The van der Waals surface area contributed by atoms with E-state index in [9.17, 15) is 18.0 Å². The van der Waals surface area contributed by atoms with Crippen molar-refractivity contribution in [1.29, 1.82) is 0 Å². The van der Waals surface area contributed by atoms with Crippen LogP contribution in [0.4, 0.5) is 18.9 Å². The molecule has 0 saturated heterocycles. The summed E-state index contributed by atoms with van der Waals surface area (Å²) in [6, 6.07) is 9.00. The molecule has 24 heavy (non-hydrogen) atoms. The predicted molar refractivity (Wildman–Crippen MR) is 85.0 cm³/mol. The van der Waals surface area contributed by atoms with E-state index in [1.807, 2.05) is 13.0 Å². The second kappa shape index (κ2) is 7.12. The number of para-hydroxylation sites is 1. The number of halogens is 3. The number of benzene rings is 1. The number of anilines is 1. The molecule has 0 aliphatic heterocycles. The highest BCUT2D eigenvalue weighted by Gasteiger charge is 2.38. The van der Waals surface area contributed by atoms with Crippen molar-refractivity contribution in [3.8, 4) is 0 Å². The van der Waals surface area contributed by atoms with Crippen LogP contribution < -0.4 is 10.7 Å². The van der Waals surface area contributed by atoms with Crippen molar-refractivity contribution >= 4 is 23.4 Å². The lowest BCUT2D eigenvalue weighted by molar-refractivity contribution is -0.146. The maximum Gasteiger partial charge on any atom is 0.453 e. The Morgan fingerprint density at radius 3 is 2.46 bits per heavy atom. The van der Waals surface area contributed by atoms with Crippen LogP contribution in [-0.2, 0) is 11.0 Å². The molecule has 1 unspecified atom stereocenters. The number of carbonyl (C=O) groups excluding carboxylic acids is 1. The van der Waals surface area contributed by atoms with Gasteiger partial charge in [0.05, 0.1) is 5.25 Å². The van der Waals surface area contributed by atoms with Crippen LogP contribution >= 0.6 is 11.8 Å². The third-order valence-corrected chi connectivity index (χ3v) is 4.24. The lowest BCUT2D eigenvalue weighted by Gasteiger charge is -2.24. The number of thioether (sulfide) groups is 1. The van der Waals surface area contributed by atoms with Gasteiger partial charge in [0, 0.05) is 12.2 Å². The third-order valence-electron chi connectivity index (χ3n) is 3.20. The first kappa shape index (κ1) is 18.1. The van der Waals surface area contributed by atoms with Gasteiger partial charge in [0.25, 0.3) is 5.82 Å². The predicted octanol–water partition coefficient (Wildman–Crippen LogP) is 2.54. The van der Waals surface area contributed by atoms with Crippen LogP contribution in [-0.4, -0.2) is 32.6 Å². The first-order chi connectivity index (χ1) is 11.3. The molecule has 130 valence electrons. The molecule has 0 aliphatic rings. The Hall–Kier alpha value is -2.23. The molecule has 0 spiro atoms. The van der Waals surface area contributed by atoms with Gasteiger partial charge in [-0.1, -0.05) is 30.0 Å². The molecule has 1 amide bonds. The smallest absolute Gasteiger partial charge is 0.335 e. The second-order valence-corrected chi connectivity index (χ2v) is 6.16. The topological polar surface area (TPSA) is 77.0 Å². The van der Waals surface area contributed by atoms with Gasteiger partial charge in [-0.3, -0.25) is 4.79 Å². The summed E-state index contributed by atoms with van der Waals surface area (Å²) in [7, 11) is 0. The summed E-state index contributed by atoms with van der Waals surface area (Å²) in [4.78, 5) is 14.1. The zero-order valence-electron chi connectivity index (χ0n) is 13.0. The zero-order chi connectivity index (χ0) is 17.9. The van der Waals surface area contributed by atoms with Crippen molar-refractivity contribution in [1.82, 2.24) is 14.9 Å². The number of hydrogen-bond acceptors (Lipinski definition) is 5. The van der Waals surface area contributed by atoms with Gasteiger partial charge in [-0.05, 0) is 26.0 Å². The van der Waals surface area contributed by atoms with Crippen molar-refractivity contribution in [3.05, 3.63) is 36.2 Å². The molecule has 0 bridgehead atoms. The van der Waals surface area contributed by atoms with Gasteiger partial charge in [-0.2, -0.15) is 13.2 Å². The van der Waals surface area contributed by atoms with Gasteiger partial charge in [0.15, 0.2) is 0 Å². The highest BCUT2D eigenvalue weighted by Crippen LogP contribution is 2.30. The van der Waals surface area contributed by atoms with Crippen LogP contribution in [0.1, 0.15) is 19.7 Å². The number of hydrogen-bond donors (Lipinski definition) is 1. The summed E-state index contributed by atoms with van der Waals surface area (Å²) in [5.41, 5.74) is 0.711.